The zero-order valence-corrected chi connectivity index (χ0v) is 11.6. The monoisotopic (exact) mass is 334 g/mol. The number of aromatic nitrogens is 3. The zero-order chi connectivity index (χ0) is 14.1. The lowest BCUT2D eigenvalue weighted by Gasteiger charge is -1.99. The van der Waals surface area contributed by atoms with Gasteiger partial charge in [-0.1, -0.05) is 5.16 Å². The minimum absolute atomic E-state index is 0.234. The Morgan fingerprint density at radius 3 is 2.80 bits per heavy atom. The highest BCUT2D eigenvalue weighted by molar-refractivity contribution is 9.10. The van der Waals surface area contributed by atoms with Crippen molar-refractivity contribution in [3.63, 3.8) is 0 Å². The van der Waals surface area contributed by atoms with E-state index in [9.17, 15) is 4.39 Å². The summed E-state index contributed by atoms with van der Waals surface area (Å²) in [7, 11) is 0. The molecule has 2 heterocycles. The molecule has 0 atom stereocenters. The van der Waals surface area contributed by atoms with Crippen molar-refractivity contribution in [3.8, 4) is 22.8 Å². The number of nitrogens with two attached hydrogens (primary N) is 1. The van der Waals surface area contributed by atoms with Crippen molar-refractivity contribution in [2.75, 3.05) is 5.73 Å². The van der Waals surface area contributed by atoms with Gasteiger partial charge in [0.05, 0.1) is 5.56 Å². The third-order valence-corrected chi connectivity index (χ3v) is 3.07. The van der Waals surface area contributed by atoms with E-state index in [1.165, 1.54) is 18.2 Å². The van der Waals surface area contributed by atoms with Gasteiger partial charge in [-0.05, 0) is 40.2 Å². The normalized spacial score (nSPS) is 10.7. The molecule has 0 aliphatic heterocycles. The van der Waals surface area contributed by atoms with Crippen molar-refractivity contribution in [1.82, 2.24) is 15.1 Å². The summed E-state index contributed by atoms with van der Waals surface area (Å²) in [6.45, 7) is 0. The first-order chi connectivity index (χ1) is 9.63. The molecule has 0 amide bonds. The van der Waals surface area contributed by atoms with Crippen LogP contribution >= 0.6 is 15.9 Å². The fourth-order valence-electron chi connectivity index (χ4n) is 1.71. The van der Waals surface area contributed by atoms with Crippen LogP contribution in [-0.4, -0.2) is 15.1 Å². The summed E-state index contributed by atoms with van der Waals surface area (Å²) in [5, 5.41) is 3.87. The van der Waals surface area contributed by atoms with Crippen molar-refractivity contribution in [1.29, 1.82) is 0 Å². The summed E-state index contributed by atoms with van der Waals surface area (Å²) in [6, 6.07) is 5.81. The molecule has 20 heavy (non-hydrogen) atoms. The lowest BCUT2D eigenvalue weighted by molar-refractivity contribution is 0.432. The Labute approximate surface area is 121 Å². The van der Waals surface area contributed by atoms with Gasteiger partial charge in [0.25, 0.3) is 5.89 Å². The van der Waals surface area contributed by atoms with E-state index in [4.69, 9.17) is 10.3 Å². The molecule has 0 radical (unpaired) electrons. The summed E-state index contributed by atoms with van der Waals surface area (Å²) < 4.78 is 19.0. The number of nitrogens with zero attached hydrogens (tertiary/aromatic N) is 3. The maximum absolute atomic E-state index is 13.0. The molecule has 0 bridgehead atoms. The fraction of sp³-hybridized carbons (Fsp3) is 0. The molecule has 2 N–H and O–H groups in total. The smallest absolute Gasteiger partial charge is 0.260 e. The predicted molar refractivity (Wildman–Crippen MR) is 75.0 cm³/mol. The van der Waals surface area contributed by atoms with Crippen LogP contribution in [0.25, 0.3) is 22.8 Å². The Kier molecular flexibility index (Phi) is 3.19. The van der Waals surface area contributed by atoms with Crippen LogP contribution in [0.1, 0.15) is 0 Å². The molecule has 0 fully saturated rings. The number of rotatable bonds is 2. The fourth-order valence-corrected chi connectivity index (χ4v) is 2.08. The standard InChI is InChI=1S/C13H8BrFN4O/c14-8-3-7(5-17-6-8)12-18-13(20-19-12)10-2-1-9(15)4-11(10)16/h1-6H,16H2. The number of benzene rings is 1. The largest absolute Gasteiger partial charge is 0.398 e. The topological polar surface area (TPSA) is 77.8 Å². The maximum atomic E-state index is 13.0. The number of nitrogen functional groups attached to an aromatic ring is 1. The minimum Gasteiger partial charge on any atom is -0.398 e. The number of anilines is 1. The van der Waals surface area contributed by atoms with Gasteiger partial charge >= 0.3 is 0 Å². The van der Waals surface area contributed by atoms with Gasteiger partial charge in [0, 0.05) is 28.1 Å². The Hall–Kier alpha value is -2.28. The molecule has 7 heteroatoms. The van der Waals surface area contributed by atoms with Crippen LogP contribution in [0.2, 0.25) is 0 Å². The van der Waals surface area contributed by atoms with Crippen molar-refractivity contribution >= 4 is 21.6 Å². The van der Waals surface area contributed by atoms with Gasteiger partial charge in [-0.25, -0.2) is 4.39 Å². The third-order valence-electron chi connectivity index (χ3n) is 2.63. The lowest BCUT2D eigenvalue weighted by atomic mass is 10.2. The first-order valence-electron chi connectivity index (χ1n) is 5.63. The SMILES string of the molecule is Nc1cc(F)ccc1-c1nc(-c2cncc(Br)c2)no1. The summed E-state index contributed by atoms with van der Waals surface area (Å²) in [6.07, 6.45) is 3.27. The van der Waals surface area contributed by atoms with Crippen LogP contribution in [0.4, 0.5) is 10.1 Å². The van der Waals surface area contributed by atoms with Crippen molar-refractivity contribution in [3.05, 3.63) is 46.9 Å². The van der Waals surface area contributed by atoms with Crippen molar-refractivity contribution in [2.24, 2.45) is 0 Å². The van der Waals surface area contributed by atoms with Gasteiger partial charge in [-0.15, -0.1) is 0 Å². The van der Waals surface area contributed by atoms with Gasteiger partial charge in [0.1, 0.15) is 5.82 Å². The molecule has 3 rings (SSSR count). The molecule has 0 aliphatic rings. The van der Waals surface area contributed by atoms with E-state index in [0.717, 1.165) is 4.47 Å². The highest BCUT2D eigenvalue weighted by Gasteiger charge is 2.13. The van der Waals surface area contributed by atoms with Gasteiger partial charge in [-0.3, -0.25) is 4.98 Å². The van der Waals surface area contributed by atoms with Crippen molar-refractivity contribution < 1.29 is 8.91 Å². The average Bonchev–Trinajstić information content (AvgIpc) is 2.88. The second-order valence-electron chi connectivity index (χ2n) is 4.05. The molecule has 5 nitrogen and oxygen atoms in total. The van der Waals surface area contributed by atoms with Crippen LogP contribution in [-0.2, 0) is 0 Å². The molecule has 0 saturated carbocycles. The van der Waals surface area contributed by atoms with Crippen LogP contribution < -0.4 is 5.73 Å². The molecule has 2 aromatic heterocycles. The van der Waals surface area contributed by atoms with Gasteiger partial charge in [0.15, 0.2) is 0 Å². The number of hydrogen-bond donors (Lipinski definition) is 1. The van der Waals surface area contributed by atoms with Crippen LogP contribution in [0, 0.1) is 5.82 Å². The summed E-state index contributed by atoms with van der Waals surface area (Å²) in [5.41, 5.74) is 7.18. The van der Waals surface area contributed by atoms with E-state index in [1.807, 2.05) is 6.07 Å². The summed E-state index contributed by atoms with van der Waals surface area (Å²) in [4.78, 5) is 8.27. The number of hydrogen-bond acceptors (Lipinski definition) is 5. The lowest BCUT2D eigenvalue weighted by Crippen LogP contribution is -1.91. The van der Waals surface area contributed by atoms with Crippen LogP contribution in [0.3, 0.4) is 0 Å². The molecule has 0 spiro atoms. The van der Waals surface area contributed by atoms with E-state index in [0.29, 0.717) is 17.0 Å². The predicted octanol–water partition coefficient (Wildman–Crippen LogP) is 3.28. The van der Waals surface area contributed by atoms with E-state index in [2.05, 4.69) is 31.1 Å². The van der Waals surface area contributed by atoms with Gasteiger partial charge in [-0.2, -0.15) is 4.98 Å². The summed E-state index contributed by atoms with van der Waals surface area (Å²) in [5.74, 6) is 0.206. The Morgan fingerprint density at radius 1 is 1.20 bits per heavy atom. The van der Waals surface area contributed by atoms with Crippen molar-refractivity contribution in [2.45, 2.75) is 0 Å². The molecule has 0 saturated heterocycles. The van der Waals surface area contributed by atoms with E-state index in [1.54, 1.807) is 12.4 Å². The Bertz CT molecular complexity index is 775. The Morgan fingerprint density at radius 2 is 2.05 bits per heavy atom. The molecular formula is C13H8BrFN4O. The Balaban J connectivity index is 2.02. The van der Waals surface area contributed by atoms with E-state index >= 15 is 0 Å². The first kappa shape index (κ1) is 12.7. The highest BCUT2D eigenvalue weighted by atomic mass is 79.9. The molecule has 3 aromatic rings. The first-order valence-corrected chi connectivity index (χ1v) is 6.43. The van der Waals surface area contributed by atoms with E-state index in [-0.39, 0.29) is 11.6 Å². The zero-order valence-electron chi connectivity index (χ0n) is 10.0. The second kappa shape index (κ2) is 5.01. The van der Waals surface area contributed by atoms with Gasteiger partial charge < -0.3 is 10.3 Å². The molecular weight excluding hydrogens is 327 g/mol. The highest BCUT2D eigenvalue weighted by Crippen LogP contribution is 2.27. The minimum atomic E-state index is -0.415. The maximum Gasteiger partial charge on any atom is 0.260 e. The number of halogens is 2. The van der Waals surface area contributed by atoms with E-state index < -0.39 is 5.82 Å². The molecule has 1 aromatic carbocycles. The van der Waals surface area contributed by atoms with Crippen LogP contribution in [0.15, 0.2) is 45.7 Å². The average molecular weight is 335 g/mol. The second-order valence-corrected chi connectivity index (χ2v) is 4.96. The van der Waals surface area contributed by atoms with Crippen LogP contribution in [0.5, 0.6) is 0 Å². The van der Waals surface area contributed by atoms with Gasteiger partial charge in [0.2, 0.25) is 5.82 Å². The third kappa shape index (κ3) is 2.39. The number of pyridine rings is 1. The molecule has 0 unspecified atom stereocenters. The molecule has 0 aliphatic carbocycles. The quantitative estimate of drug-likeness (QED) is 0.727. The summed E-state index contributed by atoms with van der Waals surface area (Å²) >= 11 is 3.32. The molecule has 100 valence electrons.